The minimum absolute atomic E-state index is 0.106. The van der Waals surface area contributed by atoms with Gasteiger partial charge >= 0.3 is 0 Å². The minimum atomic E-state index is -0.330. The fraction of sp³-hybridized carbons (Fsp3) is 0.364. The van der Waals surface area contributed by atoms with E-state index in [0.29, 0.717) is 51.8 Å². The van der Waals surface area contributed by atoms with Gasteiger partial charge in [0.15, 0.2) is 5.82 Å². The van der Waals surface area contributed by atoms with Gasteiger partial charge in [0.2, 0.25) is 0 Å². The molecule has 33 heavy (non-hydrogen) atoms. The topological polar surface area (TPSA) is 138 Å². The quantitative estimate of drug-likeness (QED) is 0.414. The van der Waals surface area contributed by atoms with Crippen LogP contribution in [0.5, 0.6) is 0 Å². The number of hydrogen-bond acceptors (Lipinski definition) is 9. The molecule has 3 aromatic heterocycles. The molecule has 1 fully saturated rings. The largest absolute Gasteiger partial charge is 0.383 e. The number of nitrogens with zero attached hydrogens (tertiary/aromatic N) is 6. The molecule has 3 heterocycles. The van der Waals surface area contributed by atoms with Crippen LogP contribution in [0.4, 0.5) is 11.6 Å². The summed E-state index contributed by atoms with van der Waals surface area (Å²) in [5.41, 5.74) is 7.01. The molecule has 0 bridgehead atoms. The zero-order valence-corrected chi connectivity index (χ0v) is 19.0. The number of aryl methyl sites for hydroxylation is 1. The summed E-state index contributed by atoms with van der Waals surface area (Å²) in [7, 11) is 0. The van der Waals surface area contributed by atoms with Gasteiger partial charge in [0.1, 0.15) is 29.4 Å². The van der Waals surface area contributed by atoms with Crippen LogP contribution in [0.2, 0.25) is 5.02 Å². The monoisotopic (exact) mass is 466 g/mol. The molecule has 11 heteroatoms. The number of nitrogens with one attached hydrogen (secondary N) is 1. The Morgan fingerprint density at radius 3 is 2.79 bits per heavy atom. The number of rotatable bonds is 7. The third kappa shape index (κ3) is 3.80. The van der Waals surface area contributed by atoms with Crippen LogP contribution in [-0.2, 0) is 6.42 Å². The van der Waals surface area contributed by atoms with Gasteiger partial charge in [-0.2, -0.15) is 4.98 Å². The number of halogens is 1. The Morgan fingerprint density at radius 1 is 1.27 bits per heavy atom. The summed E-state index contributed by atoms with van der Waals surface area (Å²) in [6, 6.07) is 5.08. The predicted octanol–water partition coefficient (Wildman–Crippen LogP) is 3.93. The van der Waals surface area contributed by atoms with Crippen molar-refractivity contribution in [3.63, 3.8) is 0 Å². The number of nitrogens with two attached hydrogens (primary N) is 1. The highest BCUT2D eigenvalue weighted by Gasteiger charge is 2.32. The lowest BCUT2D eigenvalue weighted by atomic mass is 10.1. The molecule has 0 spiro atoms. The summed E-state index contributed by atoms with van der Waals surface area (Å²) in [5.74, 6) is 2.07. The lowest BCUT2D eigenvalue weighted by Crippen LogP contribution is -2.29. The van der Waals surface area contributed by atoms with E-state index in [9.17, 15) is 4.79 Å². The van der Waals surface area contributed by atoms with Crippen molar-refractivity contribution in [2.45, 2.75) is 51.6 Å². The van der Waals surface area contributed by atoms with Gasteiger partial charge in [-0.05, 0) is 31.4 Å². The molecular weight excluding hydrogens is 444 g/mol. The molecule has 1 atom stereocenters. The van der Waals surface area contributed by atoms with Crippen molar-refractivity contribution < 1.29 is 4.52 Å². The minimum Gasteiger partial charge on any atom is -0.383 e. The van der Waals surface area contributed by atoms with Crippen LogP contribution in [0.15, 0.2) is 33.8 Å². The molecule has 1 aromatic carbocycles. The Bertz CT molecular complexity index is 1400. The average Bonchev–Trinajstić information content (AvgIpc) is 3.53. The van der Waals surface area contributed by atoms with E-state index in [2.05, 4.69) is 25.4 Å². The standard InChI is InChI=1S/C22H23ClN8O2/c1-3-13(27-19-17(18(24)25-10-26-19)21-29-15(4-2)30-33-21)20-28-14-7-5-6-12(23)16(14)22(32)31(20)11-8-9-11/h5-7,10-11,13H,3-4,8-9H2,1-2H3,(H3,24,25,26,27). The smallest absolute Gasteiger partial charge is 0.265 e. The lowest BCUT2D eigenvalue weighted by molar-refractivity contribution is 0.423. The van der Waals surface area contributed by atoms with Crippen molar-refractivity contribution in [2.75, 3.05) is 11.1 Å². The van der Waals surface area contributed by atoms with E-state index in [1.165, 1.54) is 6.33 Å². The second-order valence-corrected chi connectivity index (χ2v) is 8.37. The highest BCUT2D eigenvalue weighted by molar-refractivity contribution is 6.35. The van der Waals surface area contributed by atoms with Crippen LogP contribution in [0.1, 0.15) is 56.8 Å². The molecule has 1 aliphatic rings. The SMILES string of the molecule is CCc1noc(-c2c(N)ncnc2NC(CC)c2nc3cccc(Cl)c3c(=O)n2C2CC2)n1. The van der Waals surface area contributed by atoms with Crippen molar-refractivity contribution in [2.24, 2.45) is 0 Å². The Hall–Kier alpha value is -3.53. The van der Waals surface area contributed by atoms with E-state index in [1.54, 1.807) is 22.8 Å². The number of benzene rings is 1. The van der Waals surface area contributed by atoms with Gasteiger partial charge in [-0.15, -0.1) is 0 Å². The van der Waals surface area contributed by atoms with Crippen LogP contribution in [0.25, 0.3) is 22.4 Å². The third-order valence-corrected chi connectivity index (χ3v) is 6.04. The van der Waals surface area contributed by atoms with Crippen LogP contribution >= 0.6 is 11.6 Å². The maximum absolute atomic E-state index is 13.4. The maximum atomic E-state index is 13.4. The summed E-state index contributed by atoms with van der Waals surface area (Å²) in [6.45, 7) is 3.94. The molecular formula is C22H23ClN8O2. The van der Waals surface area contributed by atoms with E-state index >= 15 is 0 Å². The first-order chi connectivity index (χ1) is 16.0. The van der Waals surface area contributed by atoms with Crippen LogP contribution in [0, 0.1) is 0 Å². The molecule has 0 amide bonds. The van der Waals surface area contributed by atoms with E-state index < -0.39 is 0 Å². The van der Waals surface area contributed by atoms with Crippen molar-refractivity contribution in [1.82, 2.24) is 29.7 Å². The first-order valence-electron chi connectivity index (χ1n) is 10.9. The molecule has 0 aliphatic heterocycles. The first kappa shape index (κ1) is 21.3. The van der Waals surface area contributed by atoms with E-state index in [0.717, 1.165) is 12.8 Å². The summed E-state index contributed by atoms with van der Waals surface area (Å²) in [5, 5.41) is 8.19. The molecule has 5 rings (SSSR count). The predicted molar refractivity (Wildman–Crippen MR) is 125 cm³/mol. The Balaban J connectivity index is 1.63. The van der Waals surface area contributed by atoms with Gasteiger partial charge < -0.3 is 15.6 Å². The van der Waals surface area contributed by atoms with Crippen LogP contribution < -0.4 is 16.6 Å². The van der Waals surface area contributed by atoms with Gasteiger partial charge in [0, 0.05) is 12.5 Å². The highest BCUT2D eigenvalue weighted by atomic mass is 35.5. The summed E-state index contributed by atoms with van der Waals surface area (Å²) >= 11 is 6.35. The van der Waals surface area contributed by atoms with E-state index in [4.69, 9.17) is 26.8 Å². The second-order valence-electron chi connectivity index (χ2n) is 7.97. The fourth-order valence-electron chi connectivity index (χ4n) is 3.88. The highest BCUT2D eigenvalue weighted by Crippen LogP contribution is 2.38. The number of anilines is 2. The van der Waals surface area contributed by atoms with Crippen molar-refractivity contribution in [3.05, 3.63) is 51.6 Å². The average molecular weight is 467 g/mol. The summed E-state index contributed by atoms with van der Waals surface area (Å²) in [6.07, 6.45) is 4.47. The fourth-order valence-corrected chi connectivity index (χ4v) is 4.13. The molecule has 3 N–H and O–H groups in total. The first-order valence-corrected chi connectivity index (χ1v) is 11.3. The van der Waals surface area contributed by atoms with E-state index in [-0.39, 0.29) is 29.4 Å². The van der Waals surface area contributed by atoms with Crippen molar-refractivity contribution >= 4 is 34.1 Å². The zero-order chi connectivity index (χ0) is 23.1. The number of aromatic nitrogens is 6. The van der Waals surface area contributed by atoms with Gasteiger partial charge in [0.25, 0.3) is 11.4 Å². The number of fused-ring (bicyclic) bond motifs is 1. The molecule has 0 radical (unpaired) electrons. The molecule has 10 nitrogen and oxygen atoms in total. The molecule has 170 valence electrons. The molecule has 1 aliphatic carbocycles. The zero-order valence-electron chi connectivity index (χ0n) is 18.2. The van der Waals surface area contributed by atoms with Crippen LogP contribution in [-0.4, -0.2) is 29.7 Å². The Morgan fingerprint density at radius 2 is 2.09 bits per heavy atom. The van der Waals surface area contributed by atoms with Gasteiger partial charge in [-0.1, -0.05) is 36.7 Å². The Labute approximate surface area is 194 Å². The lowest BCUT2D eigenvalue weighted by Gasteiger charge is -2.23. The van der Waals surface area contributed by atoms with Crippen LogP contribution in [0.3, 0.4) is 0 Å². The van der Waals surface area contributed by atoms with Gasteiger partial charge in [0.05, 0.1) is 22.0 Å². The van der Waals surface area contributed by atoms with Gasteiger partial charge in [-0.3, -0.25) is 9.36 Å². The summed E-state index contributed by atoms with van der Waals surface area (Å²) < 4.78 is 7.16. The number of hydrogen-bond donors (Lipinski definition) is 2. The van der Waals surface area contributed by atoms with Crippen molar-refractivity contribution in [1.29, 1.82) is 0 Å². The summed E-state index contributed by atoms with van der Waals surface area (Å²) in [4.78, 5) is 31.2. The van der Waals surface area contributed by atoms with Gasteiger partial charge in [-0.25, -0.2) is 15.0 Å². The normalized spacial score (nSPS) is 14.5. The second kappa shape index (κ2) is 8.43. The van der Waals surface area contributed by atoms with E-state index in [1.807, 2.05) is 13.8 Å². The number of nitrogen functional groups attached to an aromatic ring is 1. The Kier molecular flexibility index (Phi) is 5.45. The molecule has 1 unspecified atom stereocenters. The van der Waals surface area contributed by atoms with Crippen molar-refractivity contribution in [3.8, 4) is 11.5 Å². The molecule has 1 saturated carbocycles. The molecule has 0 saturated heterocycles. The third-order valence-electron chi connectivity index (χ3n) is 5.72. The molecule has 4 aromatic rings. The maximum Gasteiger partial charge on any atom is 0.265 e.